The maximum atomic E-state index is 10.3. The Kier molecular flexibility index (Phi) is 3.70. The third-order valence-corrected chi connectivity index (χ3v) is 1.54. The van der Waals surface area contributed by atoms with Gasteiger partial charge in [-0.1, -0.05) is 24.8 Å². The Morgan fingerprint density at radius 2 is 1.62 bits per heavy atom. The van der Waals surface area contributed by atoms with Gasteiger partial charge in [0.15, 0.2) is 5.75 Å². The Labute approximate surface area is 78.1 Å². The van der Waals surface area contributed by atoms with E-state index in [9.17, 15) is 5.11 Å². The molecule has 0 aromatic heterocycles. The van der Waals surface area contributed by atoms with Crippen LogP contribution in [0.15, 0.2) is 42.7 Å². The average Bonchev–Trinajstić information content (AvgIpc) is 2.58. The molecule has 3 nitrogen and oxygen atoms in total. The molecule has 69 valence electrons. The van der Waals surface area contributed by atoms with E-state index in [-0.39, 0.29) is 5.75 Å². The molecule has 1 saturated heterocycles. The van der Waals surface area contributed by atoms with Gasteiger partial charge in [-0.3, -0.25) is 5.11 Å². The van der Waals surface area contributed by atoms with Crippen molar-refractivity contribution in [1.29, 1.82) is 0 Å². The van der Waals surface area contributed by atoms with Crippen LogP contribution in [0.25, 0.3) is 0 Å². The normalized spacial score (nSPS) is 13.7. The van der Waals surface area contributed by atoms with Gasteiger partial charge in [-0.05, 0) is 12.1 Å². The van der Waals surface area contributed by atoms with Crippen molar-refractivity contribution in [3.05, 3.63) is 42.7 Å². The molecule has 1 aliphatic rings. The minimum atomic E-state index is 0.0718. The molecule has 0 atom stereocenters. The third-order valence-electron chi connectivity index (χ3n) is 1.54. The first-order valence-electron chi connectivity index (χ1n) is 4.18. The molecule has 0 amide bonds. The van der Waals surface area contributed by atoms with Crippen LogP contribution in [0.2, 0.25) is 0 Å². The summed E-state index contributed by atoms with van der Waals surface area (Å²) in [4.78, 5) is 0. The molecule has 1 aliphatic heterocycles. The highest BCUT2D eigenvalue weighted by Crippen LogP contribution is 2.04. The molecule has 2 rings (SSSR count). The summed E-state index contributed by atoms with van der Waals surface area (Å²) in [6.07, 6.45) is 0. The van der Waals surface area contributed by atoms with E-state index in [2.05, 4.69) is 17.2 Å². The Morgan fingerprint density at radius 3 is 1.85 bits per heavy atom. The van der Waals surface area contributed by atoms with Crippen molar-refractivity contribution >= 4 is 0 Å². The predicted octanol–water partition coefficient (Wildman–Crippen LogP) is 1.48. The number of benzene rings is 1. The van der Waals surface area contributed by atoms with Crippen molar-refractivity contribution in [2.75, 3.05) is 13.1 Å². The van der Waals surface area contributed by atoms with Crippen LogP contribution in [-0.2, 0) is 5.11 Å². The Morgan fingerprint density at radius 1 is 1.08 bits per heavy atom. The second-order valence-corrected chi connectivity index (χ2v) is 2.65. The van der Waals surface area contributed by atoms with Crippen molar-refractivity contribution < 1.29 is 5.11 Å². The molecule has 1 aromatic rings. The lowest BCUT2D eigenvalue weighted by atomic mass is 10.3. The van der Waals surface area contributed by atoms with Crippen LogP contribution in [0.4, 0.5) is 0 Å². The topological polar surface area (TPSA) is 44.0 Å². The van der Waals surface area contributed by atoms with Gasteiger partial charge in [0.2, 0.25) is 0 Å². The van der Waals surface area contributed by atoms with Gasteiger partial charge in [0.25, 0.3) is 0 Å². The van der Waals surface area contributed by atoms with Crippen LogP contribution in [0, 0.1) is 0 Å². The Balaban J connectivity index is 0.000000132. The summed E-state index contributed by atoms with van der Waals surface area (Å²) in [5.74, 6) is 1.03. The summed E-state index contributed by atoms with van der Waals surface area (Å²) in [7, 11) is 0. The van der Waals surface area contributed by atoms with Gasteiger partial charge in [0, 0.05) is 13.1 Å². The lowest BCUT2D eigenvalue weighted by molar-refractivity contribution is 0.355. The highest BCUT2D eigenvalue weighted by atomic mass is 16.3. The number of hydrogen-bond acceptors (Lipinski definition) is 2. The van der Waals surface area contributed by atoms with Crippen molar-refractivity contribution in [3.63, 3.8) is 0 Å². The van der Waals surface area contributed by atoms with Crippen molar-refractivity contribution in [2.45, 2.75) is 0 Å². The maximum Gasteiger partial charge on any atom is 0.178 e. The molecule has 1 fully saturated rings. The summed E-state index contributed by atoms with van der Waals surface area (Å²) >= 11 is 0. The van der Waals surface area contributed by atoms with E-state index in [1.54, 1.807) is 12.1 Å². The van der Waals surface area contributed by atoms with E-state index >= 15 is 0 Å². The highest BCUT2D eigenvalue weighted by Gasteiger charge is 1.96. The summed E-state index contributed by atoms with van der Waals surface area (Å²) < 4.78 is 0. The average molecular weight is 177 g/mol. The fourth-order valence-corrected chi connectivity index (χ4v) is 0.910. The monoisotopic (exact) mass is 177 g/mol. The molecule has 2 N–H and O–H groups in total. The highest BCUT2D eigenvalue weighted by molar-refractivity contribution is 5.18. The lowest BCUT2D eigenvalue weighted by Crippen LogP contribution is -2.06. The fourth-order valence-electron chi connectivity index (χ4n) is 0.910. The van der Waals surface area contributed by atoms with E-state index in [0.29, 0.717) is 0 Å². The summed E-state index contributed by atoms with van der Waals surface area (Å²) in [6, 6.07) is 8.33. The van der Waals surface area contributed by atoms with Gasteiger partial charge in [0.1, 0.15) is 0 Å². The van der Waals surface area contributed by atoms with Gasteiger partial charge in [-0.15, -0.1) is 0 Å². The molecule has 0 saturated carbocycles. The number of para-hydroxylation sites is 1. The Bertz CT molecular complexity index is 251. The predicted molar refractivity (Wildman–Crippen MR) is 51.7 cm³/mol. The molecule has 1 heterocycles. The Hall–Kier alpha value is -1.64. The molecule has 13 heavy (non-hydrogen) atoms. The van der Waals surface area contributed by atoms with E-state index in [1.807, 2.05) is 6.07 Å². The van der Waals surface area contributed by atoms with Crippen molar-refractivity contribution in [1.82, 2.24) is 10.6 Å². The van der Waals surface area contributed by atoms with Crippen LogP contribution in [0.3, 0.4) is 0 Å². The van der Waals surface area contributed by atoms with E-state index in [4.69, 9.17) is 0 Å². The van der Waals surface area contributed by atoms with Crippen LogP contribution in [0.5, 0.6) is 5.75 Å². The summed E-state index contributed by atoms with van der Waals surface area (Å²) in [5.41, 5.74) is 0. The first-order chi connectivity index (χ1) is 6.29. The van der Waals surface area contributed by atoms with E-state index < -0.39 is 0 Å². The number of nitrogens with one attached hydrogen (secondary N) is 2. The molecule has 1 aromatic carbocycles. The van der Waals surface area contributed by atoms with Gasteiger partial charge in [-0.25, -0.2) is 0 Å². The SMILES string of the molecule is C=C1NCCN1.[O]c1ccccc1. The first-order valence-corrected chi connectivity index (χ1v) is 4.18. The second kappa shape index (κ2) is 5.09. The zero-order valence-electron chi connectivity index (χ0n) is 7.42. The summed E-state index contributed by atoms with van der Waals surface area (Å²) in [6.45, 7) is 5.69. The quantitative estimate of drug-likeness (QED) is 0.630. The van der Waals surface area contributed by atoms with Crippen molar-refractivity contribution in [3.8, 4) is 5.75 Å². The smallest absolute Gasteiger partial charge is 0.178 e. The zero-order valence-corrected chi connectivity index (χ0v) is 7.42. The van der Waals surface area contributed by atoms with Gasteiger partial charge < -0.3 is 10.6 Å². The summed E-state index contributed by atoms with van der Waals surface area (Å²) in [5, 5.41) is 16.3. The zero-order chi connectivity index (χ0) is 9.52. The first kappa shape index (κ1) is 9.45. The molecule has 0 spiro atoms. The molecule has 0 unspecified atom stereocenters. The molecular weight excluding hydrogens is 164 g/mol. The van der Waals surface area contributed by atoms with Crippen LogP contribution in [0.1, 0.15) is 0 Å². The van der Waals surface area contributed by atoms with Crippen LogP contribution in [-0.4, -0.2) is 13.1 Å². The number of rotatable bonds is 0. The minimum Gasteiger partial charge on any atom is -0.371 e. The largest absolute Gasteiger partial charge is 0.371 e. The van der Waals surface area contributed by atoms with Gasteiger partial charge >= 0.3 is 0 Å². The van der Waals surface area contributed by atoms with Crippen molar-refractivity contribution in [2.24, 2.45) is 0 Å². The van der Waals surface area contributed by atoms with E-state index in [0.717, 1.165) is 18.9 Å². The van der Waals surface area contributed by atoms with E-state index in [1.165, 1.54) is 12.1 Å². The molecule has 1 radical (unpaired) electrons. The standard InChI is InChI=1S/C6H5O.C4H8N2/c7-6-4-2-1-3-5-6;1-4-5-2-3-6-4/h1-5H;5-6H,1-3H2. The molecule has 0 bridgehead atoms. The van der Waals surface area contributed by atoms with Crippen LogP contribution >= 0.6 is 0 Å². The third kappa shape index (κ3) is 4.06. The lowest BCUT2D eigenvalue weighted by Gasteiger charge is -1.89. The number of hydrogen-bond donors (Lipinski definition) is 2. The molecular formula is C10H13N2O. The van der Waals surface area contributed by atoms with Gasteiger partial charge in [0.05, 0.1) is 5.82 Å². The second-order valence-electron chi connectivity index (χ2n) is 2.65. The maximum absolute atomic E-state index is 10.3. The molecule has 3 heteroatoms. The van der Waals surface area contributed by atoms with Crippen LogP contribution < -0.4 is 10.6 Å². The van der Waals surface area contributed by atoms with Gasteiger partial charge in [-0.2, -0.15) is 0 Å². The molecule has 0 aliphatic carbocycles. The fraction of sp³-hybridized carbons (Fsp3) is 0.200. The minimum absolute atomic E-state index is 0.0718.